The van der Waals surface area contributed by atoms with Gasteiger partial charge in [-0.25, -0.2) is 8.78 Å². The molecule has 2 aromatic rings. The highest BCUT2D eigenvalue weighted by Gasteiger charge is 2.23. The lowest BCUT2D eigenvalue weighted by atomic mass is 9.96. The molecule has 0 radical (unpaired) electrons. The largest absolute Gasteiger partial charge is 0.281 e. The highest BCUT2D eigenvalue weighted by atomic mass is 19.1. The van der Waals surface area contributed by atoms with E-state index in [-0.39, 0.29) is 16.6 Å². The summed E-state index contributed by atoms with van der Waals surface area (Å²) < 4.78 is 28.5. The van der Waals surface area contributed by atoms with Gasteiger partial charge in [-0.3, -0.25) is 4.40 Å². The lowest BCUT2D eigenvalue weighted by Crippen LogP contribution is -2.16. The summed E-state index contributed by atoms with van der Waals surface area (Å²) in [4.78, 5) is 0. The van der Waals surface area contributed by atoms with Crippen LogP contribution in [0.5, 0.6) is 0 Å². The summed E-state index contributed by atoms with van der Waals surface area (Å²) in [5.74, 6) is -0.696. The number of hydrogen-bond donors (Lipinski definition) is 0. The summed E-state index contributed by atoms with van der Waals surface area (Å²) in [5.41, 5.74) is -0.266. The normalized spacial score (nSPS) is 12.4. The van der Waals surface area contributed by atoms with Crippen LogP contribution < -0.4 is 0 Å². The van der Waals surface area contributed by atoms with E-state index in [9.17, 15) is 8.78 Å². The van der Waals surface area contributed by atoms with Gasteiger partial charge in [-0.1, -0.05) is 20.8 Å². The van der Waals surface area contributed by atoms with E-state index >= 15 is 0 Å². The lowest BCUT2D eigenvalue weighted by molar-refractivity contribution is 0.526. The predicted molar refractivity (Wildman–Crippen MR) is 56.3 cm³/mol. The van der Waals surface area contributed by atoms with Crippen LogP contribution in [0.4, 0.5) is 8.78 Å². The molecule has 0 N–H and O–H groups in total. The Labute approximate surface area is 92.1 Å². The van der Waals surface area contributed by atoms with Crippen molar-refractivity contribution < 1.29 is 8.78 Å². The number of pyridine rings is 1. The highest BCUT2D eigenvalue weighted by molar-refractivity contribution is 5.44. The van der Waals surface area contributed by atoms with Gasteiger partial charge in [-0.15, -0.1) is 10.2 Å². The molecule has 5 heteroatoms. The van der Waals surface area contributed by atoms with Crippen molar-refractivity contribution >= 4 is 5.65 Å². The van der Waals surface area contributed by atoms with Gasteiger partial charge in [0.05, 0.1) is 0 Å². The second-order valence-electron chi connectivity index (χ2n) is 4.88. The summed E-state index contributed by atoms with van der Waals surface area (Å²) in [6.45, 7) is 7.13. The molecule has 0 aliphatic carbocycles. The van der Waals surface area contributed by atoms with Crippen LogP contribution in [0.15, 0.2) is 6.20 Å². The van der Waals surface area contributed by atoms with Crippen molar-refractivity contribution in [3.8, 4) is 0 Å². The Morgan fingerprint density at radius 3 is 2.38 bits per heavy atom. The molecule has 0 aliphatic heterocycles. The van der Waals surface area contributed by atoms with E-state index in [0.29, 0.717) is 5.82 Å². The Kier molecular flexibility index (Phi) is 2.22. The van der Waals surface area contributed by atoms with Gasteiger partial charge in [0, 0.05) is 17.2 Å². The van der Waals surface area contributed by atoms with Crippen molar-refractivity contribution in [1.29, 1.82) is 0 Å². The van der Waals surface area contributed by atoms with Crippen LogP contribution in [-0.2, 0) is 5.41 Å². The maximum atomic E-state index is 13.7. The first-order valence-corrected chi connectivity index (χ1v) is 5.02. The first-order valence-electron chi connectivity index (χ1n) is 5.02. The first-order chi connectivity index (χ1) is 7.32. The van der Waals surface area contributed by atoms with E-state index in [0.717, 1.165) is 0 Å². The van der Waals surface area contributed by atoms with Crippen molar-refractivity contribution in [3.05, 3.63) is 29.2 Å². The van der Waals surface area contributed by atoms with Crippen LogP contribution in [0.25, 0.3) is 5.65 Å². The number of nitrogens with zero attached hydrogens (tertiary/aromatic N) is 3. The van der Waals surface area contributed by atoms with Gasteiger partial charge in [0.15, 0.2) is 11.5 Å². The minimum Gasteiger partial charge on any atom is -0.281 e. The molecule has 0 aromatic carbocycles. The molecule has 2 heterocycles. The molecule has 0 fully saturated rings. The van der Waals surface area contributed by atoms with E-state index in [1.165, 1.54) is 17.5 Å². The molecule has 2 rings (SSSR count). The smallest absolute Gasteiger partial charge is 0.197 e. The van der Waals surface area contributed by atoms with Gasteiger partial charge in [0.2, 0.25) is 0 Å². The molecule has 2 aromatic heterocycles. The Morgan fingerprint density at radius 2 is 1.81 bits per heavy atom. The van der Waals surface area contributed by atoms with Gasteiger partial charge in [0.25, 0.3) is 0 Å². The van der Waals surface area contributed by atoms with Crippen molar-refractivity contribution in [2.45, 2.75) is 33.1 Å². The Morgan fingerprint density at radius 1 is 1.19 bits per heavy atom. The molecule has 0 spiro atoms. The third kappa shape index (κ3) is 1.47. The number of hydrogen-bond acceptors (Lipinski definition) is 2. The molecule has 16 heavy (non-hydrogen) atoms. The number of fused-ring (bicyclic) bond motifs is 1. The van der Waals surface area contributed by atoms with Crippen LogP contribution in [0.1, 0.15) is 32.2 Å². The molecule has 0 saturated carbocycles. The topological polar surface area (TPSA) is 30.2 Å². The van der Waals surface area contributed by atoms with Gasteiger partial charge in [-0.05, 0) is 6.92 Å². The third-order valence-electron chi connectivity index (χ3n) is 2.49. The highest BCUT2D eigenvalue weighted by Crippen LogP contribution is 2.23. The van der Waals surface area contributed by atoms with Gasteiger partial charge < -0.3 is 0 Å². The Balaban J connectivity index is 2.84. The third-order valence-corrected chi connectivity index (χ3v) is 2.49. The Hall–Kier alpha value is -1.52. The SMILES string of the molecule is Cc1c(F)cn2c(C(C)(C)C)nnc2c1F. The Bertz CT molecular complexity index is 552. The molecule has 0 unspecified atom stereocenters. The molecule has 0 amide bonds. The fraction of sp³-hybridized carbons (Fsp3) is 0.455. The number of halogens is 2. The van der Waals surface area contributed by atoms with Crippen molar-refractivity contribution in [1.82, 2.24) is 14.6 Å². The van der Waals surface area contributed by atoms with Crippen LogP contribution in [-0.4, -0.2) is 14.6 Å². The fourth-order valence-corrected chi connectivity index (χ4v) is 1.56. The molecule has 0 aliphatic rings. The molecule has 86 valence electrons. The second kappa shape index (κ2) is 3.23. The molecule has 0 saturated heterocycles. The van der Waals surface area contributed by atoms with Gasteiger partial charge in [-0.2, -0.15) is 0 Å². The van der Waals surface area contributed by atoms with Crippen LogP contribution in [0.3, 0.4) is 0 Å². The zero-order valence-electron chi connectivity index (χ0n) is 9.67. The summed E-state index contributed by atoms with van der Waals surface area (Å²) in [7, 11) is 0. The van der Waals surface area contributed by atoms with E-state index in [4.69, 9.17) is 0 Å². The summed E-state index contributed by atoms with van der Waals surface area (Å²) >= 11 is 0. The van der Waals surface area contributed by atoms with Gasteiger partial charge >= 0.3 is 0 Å². The molecular weight excluding hydrogens is 212 g/mol. The number of aromatic nitrogens is 3. The van der Waals surface area contributed by atoms with Crippen LogP contribution >= 0.6 is 0 Å². The molecule has 0 bridgehead atoms. The minimum absolute atomic E-state index is 0.0274. The lowest BCUT2D eigenvalue weighted by Gasteiger charge is -2.15. The average Bonchev–Trinajstić information content (AvgIpc) is 2.57. The molecule has 0 atom stereocenters. The monoisotopic (exact) mass is 225 g/mol. The van der Waals surface area contributed by atoms with Crippen LogP contribution in [0, 0.1) is 18.6 Å². The van der Waals surface area contributed by atoms with Crippen LogP contribution in [0.2, 0.25) is 0 Å². The van der Waals surface area contributed by atoms with Crippen molar-refractivity contribution in [3.63, 3.8) is 0 Å². The zero-order valence-corrected chi connectivity index (χ0v) is 9.67. The quantitative estimate of drug-likeness (QED) is 0.690. The summed E-state index contributed by atoms with van der Waals surface area (Å²) in [5, 5.41) is 7.67. The predicted octanol–water partition coefficient (Wildman–Crippen LogP) is 2.61. The fourth-order valence-electron chi connectivity index (χ4n) is 1.56. The van der Waals surface area contributed by atoms with Crippen molar-refractivity contribution in [2.75, 3.05) is 0 Å². The summed E-state index contributed by atoms with van der Waals surface area (Å²) in [6, 6.07) is 0. The minimum atomic E-state index is -0.650. The standard InChI is InChI=1S/C11H13F2N3/c1-6-7(12)5-16-9(8(6)13)14-15-10(16)11(2,3)4/h5H,1-4H3. The number of rotatable bonds is 0. The van der Waals surface area contributed by atoms with E-state index in [2.05, 4.69) is 10.2 Å². The first kappa shape index (κ1) is 11.0. The average molecular weight is 225 g/mol. The van der Waals surface area contributed by atoms with Gasteiger partial charge in [0.1, 0.15) is 11.6 Å². The van der Waals surface area contributed by atoms with Crippen molar-refractivity contribution in [2.24, 2.45) is 0 Å². The molecular formula is C11H13F2N3. The van der Waals surface area contributed by atoms with E-state index in [1.54, 1.807) is 0 Å². The molecule has 3 nitrogen and oxygen atoms in total. The van der Waals surface area contributed by atoms with E-state index in [1.807, 2.05) is 20.8 Å². The summed E-state index contributed by atoms with van der Waals surface area (Å²) in [6.07, 6.45) is 1.23. The van der Waals surface area contributed by atoms with E-state index < -0.39 is 11.6 Å². The zero-order chi connectivity index (χ0) is 12.1. The maximum absolute atomic E-state index is 13.7. The maximum Gasteiger partial charge on any atom is 0.197 e. The second-order valence-corrected chi connectivity index (χ2v) is 4.88.